The number of nitrogens with one attached hydrogen (secondary N) is 1. The van der Waals surface area contributed by atoms with Crippen LogP contribution in [0.25, 0.3) is 0 Å². The second-order valence-electron chi connectivity index (χ2n) is 5.06. The highest BCUT2D eigenvalue weighted by Gasteiger charge is 2.50. The van der Waals surface area contributed by atoms with Gasteiger partial charge in [0.2, 0.25) is 0 Å². The van der Waals surface area contributed by atoms with Crippen LogP contribution in [0.15, 0.2) is 0 Å². The number of nitrogens with zero attached hydrogens (tertiary/aromatic N) is 1. The van der Waals surface area contributed by atoms with E-state index in [1.54, 1.807) is 0 Å². The normalized spacial score (nSPS) is 25.7. The van der Waals surface area contributed by atoms with Crippen LogP contribution in [-0.2, 0) is 0 Å². The van der Waals surface area contributed by atoms with Crippen LogP contribution in [0.5, 0.6) is 0 Å². The van der Waals surface area contributed by atoms with Crippen LogP contribution in [0.4, 0.5) is 22.0 Å². The number of alkyl halides is 5. The van der Waals surface area contributed by atoms with E-state index in [4.69, 9.17) is 0 Å². The predicted molar refractivity (Wildman–Crippen MR) is 66.5 cm³/mol. The van der Waals surface area contributed by atoms with E-state index in [1.165, 1.54) is 4.90 Å². The second-order valence-corrected chi connectivity index (χ2v) is 5.06. The number of piperidine rings is 1. The van der Waals surface area contributed by atoms with Crippen LogP contribution in [0, 0.1) is 0 Å². The molecule has 116 valence electrons. The summed E-state index contributed by atoms with van der Waals surface area (Å²) in [5, 5.41) is 2.79. The van der Waals surface area contributed by atoms with Crippen molar-refractivity contribution in [2.75, 3.05) is 26.2 Å². The van der Waals surface area contributed by atoms with Crippen LogP contribution in [-0.4, -0.2) is 48.7 Å². The zero-order valence-corrected chi connectivity index (χ0v) is 11.7. The molecule has 2 heterocycles. The standard InChI is InChI=1S/C10H15F5N2.2ClH/c11-9(12)5-8(16-6-9)1-3-17(4-2-8)7-10(13,14)15;;/h16H,1-7H2;2*1H. The molecule has 2 rings (SSSR count). The molecule has 0 atom stereocenters. The molecule has 2 aliphatic rings. The molecular formula is C10H17Cl2F5N2. The SMILES string of the molecule is Cl.Cl.FC(F)(F)CN1CCC2(CC1)CC(F)(F)CN2. The van der Waals surface area contributed by atoms with Gasteiger partial charge in [-0.1, -0.05) is 0 Å². The van der Waals surface area contributed by atoms with Crippen molar-refractivity contribution in [1.82, 2.24) is 10.2 Å². The van der Waals surface area contributed by atoms with Gasteiger partial charge in [0.25, 0.3) is 5.92 Å². The molecule has 0 saturated carbocycles. The maximum absolute atomic E-state index is 13.1. The molecule has 19 heavy (non-hydrogen) atoms. The molecule has 2 fully saturated rings. The third-order valence-electron chi connectivity index (χ3n) is 3.54. The van der Waals surface area contributed by atoms with E-state index in [1.807, 2.05) is 0 Å². The van der Waals surface area contributed by atoms with Crippen molar-refractivity contribution < 1.29 is 22.0 Å². The Labute approximate surface area is 120 Å². The van der Waals surface area contributed by atoms with E-state index in [0.29, 0.717) is 12.8 Å². The van der Waals surface area contributed by atoms with Gasteiger partial charge in [-0.25, -0.2) is 8.78 Å². The highest BCUT2D eigenvalue weighted by molar-refractivity contribution is 5.85. The molecule has 0 bridgehead atoms. The van der Waals surface area contributed by atoms with Crippen molar-refractivity contribution in [2.24, 2.45) is 0 Å². The average molecular weight is 331 g/mol. The molecule has 2 saturated heterocycles. The molecule has 2 aliphatic heterocycles. The Morgan fingerprint density at radius 3 is 1.95 bits per heavy atom. The molecule has 0 aliphatic carbocycles. The molecule has 0 aromatic carbocycles. The van der Waals surface area contributed by atoms with Gasteiger partial charge in [-0.05, 0) is 12.8 Å². The average Bonchev–Trinajstić information content (AvgIpc) is 2.45. The van der Waals surface area contributed by atoms with Crippen LogP contribution >= 0.6 is 24.8 Å². The molecule has 0 amide bonds. The Morgan fingerprint density at radius 2 is 1.58 bits per heavy atom. The lowest BCUT2D eigenvalue weighted by Crippen LogP contribution is -2.51. The van der Waals surface area contributed by atoms with Gasteiger partial charge in [0.1, 0.15) is 0 Å². The molecule has 0 aromatic rings. The first-order chi connectivity index (χ1) is 7.70. The number of halogens is 7. The van der Waals surface area contributed by atoms with E-state index in [-0.39, 0.29) is 50.9 Å². The van der Waals surface area contributed by atoms with Crippen LogP contribution in [0.2, 0.25) is 0 Å². The van der Waals surface area contributed by atoms with Gasteiger partial charge in [0, 0.05) is 25.0 Å². The molecule has 9 heteroatoms. The van der Waals surface area contributed by atoms with Gasteiger partial charge in [0.15, 0.2) is 0 Å². The lowest BCUT2D eigenvalue weighted by molar-refractivity contribution is -0.149. The van der Waals surface area contributed by atoms with Crippen molar-refractivity contribution in [1.29, 1.82) is 0 Å². The zero-order chi connectivity index (χ0) is 12.7. The minimum Gasteiger partial charge on any atom is -0.305 e. The Balaban J connectivity index is 0.00000162. The first kappa shape index (κ1) is 19.1. The first-order valence-electron chi connectivity index (χ1n) is 5.62. The van der Waals surface area contributed by atoms with Gasteiger partial charge in [-0.3, -0.25) is 4.90 Å². The molecule has 1 spiro atoms. The summed E-state index contributed by atoms with van der Waals surface area (Å²) in [4.78, 5) is 1.28. The zero-order valence-electron chi connectivity index (χ0n) is 10.1. The van der Waals surface area contributed by atoms with Crippen LogP contribution in [0.1, 0.15) is 19.3 Å². The molecule has 2 nitrogen and oxygen atoms in total. The Morgan fingerprint density at radius 1 is 1.05 bits per heavy atom. The Hall–Kier alpha value is 0.150. The van der Waals surface area contributed by atoms with E-state index in [0.717, 1.165) is 0 Å². The summed E-state index contributed by atoms with van der Waals surface area (Å²) in [5.74, 6) is -2.72. The molecule has 0 radical (unpaired) electrons. The molecule has 0 unspecified atom stereocenters. The first-order valence-corrected chi connectivity index (χ1v) is 5.62. The highest BCUT2D eigenvalue weighted by atomic mass is 35.5. The number of hydrogen-bond acceptors (Lipinski definition) is 2. The van der Waals surface area contributed by atoms with E-state index < -0.39 is 24.2 Å². The summed E-state index contributed by atoms with van der Waals surface area (Å²) >= 11 is 0. The quantitative estimate of drug-likeness (QED) is 0.744. The lowest BCUT2D eigenvalue weighted by Gasteiger charge is -2.39. The third kappa shape index (κ3) is 5.21. The van der Waals surface area contributed by atoms with Crippen molar-refractivity contribution in [3.8, 4) is 0 Å². The van der Waals surface area contributed by atoms with E-state index in [9.17, 15) is 22.0 Å². The minimum atomic E-state index is -4.21. The van der Waals surface area contributed by atoms with Gasteiger partial charge >= 0.3 is 6.18 Å². The predicted octanol–water partition coefficient (Wildman–Crippen LogP) is 2.86. The van der Waals surface area contributed by atoms with E-state index in [2.05, 4.69) is 5.32 Å². The molecule has 1 N–H and O–H groups in total. The smallest absolute Gasteiger partial charge is 0.305 e. The maximum atomic E-state index is 13.1. The maximum Gasteiger partial charge on any atom is 0.401 e. The van der Waals surface area contributed by atoms with Gasteiger partial charge in [-0.2, -0.15) is 13.2 Å². The Kier molecular flexibility index (Phi) is 6.33. The highest BCUT2D eigenvalue weighted by Crippen LogP contribution is 2.39. The number of likely N-dealkylation sites (tertiary alicyclic amines) is 1. The summed E-state index contributed by atoms with van der Waals surface area (Å²) in [6.07, 6.45) is -3.74. The van der Waals surface area contributed by atoms with Gasteiger partial charge in [0.05, 0.1) is 13.1 Å². The van der Waals surface area contributed by atoms with Gasteiger partial charge in [-0.15, -0.1) is 24.8 Å². The summed E-state index contributed by atoms with van der Waals surface area (Å²) in [6, 6.07) is 0. The third-order valence-corrected chi connectivity index (χ3v) is 3.54. The second kappa shape index (κ2) is 6.28. The summed E-state index contributed by atoms with van der Waals surface area (Å²) in [7, 11) is 0. The van der Waals surface area contributed by atoms with Crippen LogP contribution < -0.4 is 5.32 Å². The fraction of sp³-hybridized carbons (Fsp3) is 1.00. The largest absolute Gasteiger partial charge is 0.401 e. The summed E-state index contributed by atoms with van der Waals surface area (Å²) < 4.78 is 62.6. The molecular weight excluding hydrogens is 314 g/mol. The minimum absolute atomic E-state index is 0. The summed E-state index contributed by atoms with van der Waals surface area (Å²) in [6.45, 7) is -0.850. The van der Waals surface area contributed by atoms with E-state index >= 15 is 0 Å². The van der Waals surface area contributed by atoms with Crippen molar-refractivity contribution >= 4 is 24.8 Å². The fourth-order valence-corrected chi connectivity index (χ4v) is 2.68. The molecule has 0 aromatic heterocycles. The van der Waals surface area contributed by atoms with Crippen molar-refractivity contribution in [2.45, 2.75) is 36.9 Å². The number of rotatable bonds is 1. The summed E-state index contributed by atoms with van der Waals surface area (Å²) in [5.41, 5.74) is -0.647. The number of hydrogen-bond donors (Lipinski definition) is 1. The monoisotopic (exact) mass is 330 g/mol. The van der Waals surface area contributed by atoms with Gasteiger partial charge < -0.3 is 5.32 Å². The Bertz CT molecular complexity index is 290. The fourth-order valence-electron chi connectivity index (χ4n) is 2.68. The topological polar surface area (TPSA) is 15.3 Å². The van der Waals surface area contributed by atoms with Crippen molar-refractivity contribution in [3.05, 3.63) is 0 Å². The lowest BCUT2D eigenvalue weighted by atomic mass is 9.85. The van der Waals surface area contributed by atoms with Crippen LogP contribution in [0.3, 0.4) is 0 Å². The van der Waals surface area contributed by atoms with Crippen molar-refractivity contribution in [3.63, 3.8) is 0 Å².